The SMILES string of the molecule is CCC(=O)N(C)c1ccc(-c2ccc(C(=O)CCc3ccc(OC)nc3)cc2C)cc1F. The van der Waals surface area contributed by atoms with Gasteiger partial charge in [-0.2, -0.15) is 0 Å². The van der Waals surface area contributed by atoms with Crippen LogP contribution in [0.15, 0.2) is 54.7 Å². The second-order valence-electron chi connectivity index (χ2n) is 7.63. The zero-order valence-electron chi connectivity index (χ0n) is 18.8. The number of aromatic nitrogens is 1. The van der Waals surface area contributed by atoms with Crippen LogP contribution in [0.5, 0.6) is 5.88 Å². The maximum Gasteiger partial charge on any atom is 0.226 e. The first-order chi connectivity index (χ1) is 15.3. The van der Waals surface area contributed by atoms with E-state index in [-0.39, 0.29) is 17.4 Å². The number of carbonyl (C=O) groups excluding carboxylic acids is 2. The summed E-state index contributed by atoms with van der Waals surface area (Å²) in [6.07, 6.45) is 2.98. The summed E-state index contributed by atoms with van der Waals surface area (Å²) in [6.45, 7) is 3.64. The van der Waals surface area contributed by atoms with Crippen molar-refractivity contribution in [2.24, 2.45) is 0 Å². The molecule has 1 aromatic heterocycles. The van der Waals surface area contributed by atoms with Gasteiger partial charge in [-0.25, -0.2) is 9.37 Å². The van der Waals surface area contributed by atoms with Gasteiger partial charge in [-0.1, -0.05) is 31.2 Å². The Morgan fingerprint density at radius 3 is 2.47 bits per heavy atom. The molecule has 0 aliphatic rings. The smallest absolute Gasteiger partial charge is 0.226 e. The van der Waals surface area contributed by atoms with Gasteiger partial charge in [-0.05, 0) is 53.8 Å². The Morgan fingerprint density at radius 1 is 1.09 bits per heavy atom. The third kappa shape index (κ3) is 5.19. The largest absolute Gasteiger partial charge is 0.481 e. The van der Waals surface area contributed by atoms with Crippen LogP contribution >= 0.6 is 0 Å². The molecule has 166 valence electrons. The van der Waals surface area contributed by atoms with Crippen molar-refractivity contribution >= 4 is 17.4 Å². The standard InChI is InChI=1S/C26H27FN2O3/c1-5-26(31)29(3)23-11-9-19(15-22(23)27)21-10-8-20(14-17(21)2)24(30)12-6-18-7-13-25(32-4)28-16-18/h7-11,13-16H,5-6,12H2,1-4H3. The summed E-state index contributed by atoms with van der Waals surface area (Å²) in [5.74, 6) is -0.0309. The number of amides is 1. The van der Waals surface area contributed by atoms with E-state index >= 15 is 0 Å². The Kier molecular flexibility index (Phi) is 7.36. The fourth-order valence-corrected chi connectivity index (χ4v) is 3.56. The highest BCUT2D eigenvalue weighted by Gasteiger charge is 2.15. The topological polar surface area (TPSA) is 59.5 Å². The molecule has 0 atom stereocenters. The molecule has 5 nitrogen and oxygen atoms in total. The molecule has 0 N–H and O–H groups in total. The summed E-state index contributed by atoms with van der Waals surface area (Å²) < 4.78 is 19.7. The maximum atomic E-state index is 14.7. The Hall–Kier alpha value is -3.54. The number of carbonyl (C=O) groups is 2. The zero-order valence-corrected chi connectivity index (χ0v) is 18.8. The van der Waals surface area contributed by atoms with E-state index in [9.17, 15) is 14.0 Å². The van der Waals surface area contributed by atoms with E-state index in [0.29, 0.717) is 36.3 Å². The molecule has 32 heavy (non-hydrogen) atoms. The number of ether oxygens (including phenoxy) is 1. The first-order valence-electron chi connectivity index (χ1n) is 10.5. The van der Waals surface area contributed by atoms with Crippen molar-refractivity contribution in [3.63, 3.8) is 0 Å². The van der Waals surface area contributed by atoms with Gasteiger partial charge in [0.05, 0.1) is 12.8 Å². The molecule has 0 bridgehead atoms. The Bertz CT molecular complexity index is 1130. The number of anilines is 1. The molecule has 6 heteroatoms. The molecule has 0 fully saturated rings. The van der Waals surface area contributed by atoms with Crippen LogP contribution < -0.4 is 9.64 Å². The number of ketones is 1. The van der Waals surface area contributed by atoms with Crippen LogP contribution in [0.3, 0.4) is 0 Å². The molecule has 0 unspecified atom stereocenters. The van der Waals surface area contributed by atoms with Crippen molar-refractivity contribution in [3.8, 4) is 17.0 Å². The quantitative estimate of drug-likeness (QED) is 0.446. The number of halogens is 1. The lowest BCUT2D eigenvalue weighted by Gasteiger charge is -2.18. The number of pyridine rings is 1. The van der Waals surface area contributed by atoms with Gasteiger partial charge in [-0.15, -0.1) is 0 Å². The van der Waals surface area contributed by atoms with Crippen molar-refractivity contribution in [2.75, 3.05) is 19.1 Å². The minimum Gasteiger partial charge on any atom is -0.481 e. The van der Waals surface area contributed by atoms with Gasteiger partial charge in [0.2, 0.25) is 11.8 Å². The summed E-state index contributed by atoms with van der Waals surface area (Å²) in [5.41, 5.74) is 4.26. The summed E-state index contributed by atoms with van der Waals surface area (Å²) in [6, 6.07) is 14.0. The van der Waals surface area contributed by atoms with E-state index < -0.39 is 5.82 Å². The summed E-state index contributed by atoms with van der Waals surface area (Å²) in [5, 5.41) is 0. The minimum absolute atomic E-state index is 0.0386. The molecule has 0 saturated heterocycles. The second kappa shape index (κ2) is 10.2. The summed E-state index contributed by atoms with van der Waals surface area (Å²) in [7, 11) is 3.13. The molecule has 1 heterocycles. The van der Waals surface area contributed by atoms with Gasteiger partial charge in [-0.3, -0.25) is 9.59 Å². The van der Waals surface area contributed by atoms with Gasteiger partial charge in [0.15, 0.2) is 5.78 Å². The monoisotopic (exact) mass is 434 g/mol. The second-order valence-corrected chi connectivity index (χ2v) is 7.63. The van der Waals surface area contributed by atoms with Gasteiger partial charge in [0.1, 0.15) is 5.82 Å². The third-order valence-corrected chi connectivity index (χ3v) is 5.49. The highest BCUT2D eigenvalue weighted by molar-refractivity contribution is 5.97. The van der Waals surface area contributed by atoms with E-state index in [4.69, 9.17) is 4.74 Å². The molecule has 0 spiro atoms. The van der Waals surface area contributed by atoms with E-state index in [1.807, 2.05) is 25.1 Å². The molecule has 0 aliphatic carbocycles. The summed E-state index contributed by atoms with van der Waals surface area (Å²) in [4.78, 5) is 30.0. The van der Waals surface area contributed by atoms with Crippen LogP contribution in [-0.2, 0) is 11.2 Å². The third-order valence-electron chi connectivity index (χ3n) is 5.49. The average Bonchev–Trinajstić information content (AvgIpc) is 2.81. The van der Waals surface area contributed by atoms with E-state index in [1.165, 1.54) is 11.0 Å². The fourth-order valence-electron chi connectivity index (χ4n) is 3.56. The van der Waals surface area contributed by atoms with Gasteiger partial charge >= 0.3 is 0 Å². The van der Waals surface area contributed by atoms with Crippen molar-refractivity contribution < 1.29 is 18.7 Å². The molecular formula is C26H27FN2O3. The lowest BCUT2D eigenvalue weighted by Crippen LogP contribution is -2.25. The minimum atomic E-state index is -0.459. The molecule has 1 amide bonds. The van der Waals surface area contributed by atoms with Crippen LogP contribution in [0.25, 0.3) is 11.1 Å². The van der Waals surface area contributed by atoms with Gasteiger partial charge < -0.3 is 9.64 Å². The molecule has 3 rings (SSSR count). The number of methoxy groups -OCH3 is 1. The van der Waals surface area contributed by atoms with Crippen LogP contribution in [0.2, 0.25) is 0 Å². The lowest BCUT2D eigenvalue weighted by molar-refractivity contribution is -0.118. The van der Waals surface area contributed by atoms with Crippen LogP contribution in [-0.4, -0.2) is 30.8 Å². The average molecular weight is 435 g/mol. The molecule has 0 aliphatic heterocycles. The number of hydrogen-bond donors (Lipinski definition) is 0. The van der Waals surface area contributed by atoms with Crippen LogP contribution in [0.1, 0.15) is 41.3 Å². The Morgan fingerprint density at radius 2 is 1.88 bits per heavy atom. The lowest BCUT2D eigenvalue weighted by atomic mass is 9.95. The Balaban J connectivity index is 1.73. The predicted molar refractivity (Wildman–Crippen MR) is 124 cm³/mol. The predicted octanol–water partition coefficient (Wildman–Crippen LogP) is 5.39. The highest BCUT2D eigenvalue weighted by Crippen LogP contribution is 2.29. The molecule has 2 aromatic carbocycles. The van der Waals surface area contributed by atoms with Gasteiger partial charge in [0.25, 0.3) is 0 Å². The van der Waals surface area contributed by atoms with Crippen molar-refractivity contribution in [1.29, 1.82) is 0 Å². The summed E-state index contributed by atoms with van der Waals surface area (Å²) >= 11 is 0. The number of benzene rings is 2. The van der Waals surface area contributed by atoms with Crippen LogP contribution in [0, 0.1) is 12.7 Å². The van der Waals surface area contributed by atoms with Gasteiger partial charge in [0, 0.05) is 37.7 Å². The zero-order chi connectivity index (χ0) is 23.3. The number of hydrogen-bond acceptors (Lipinski definition) is 4. The first-order valence-corrected chi connectivity index (χ1v) is 10.5. The normalized spacial score (nSPS) is 10.7. The molecule has 3 aromatic rings. The first kappa shape index (κ1) is 23.1. The molecule has 0 radical (unpaired) electrons. The van der Waals surface area contributed by atoms with Crippen molar-refractivity contribution in [2.45, 2.75) is 33.1 Å². The fraction of sp³-hybridized carbons (Fsp3) is 0.269. The van der Waals surface area contributed by atoms with E-state index in [1.54, 1.807) is 51.5 Å². The van der Waals surface area contributed by atoms with E-state index in [0.717, 1.165) is 16.7 Å². The number of Topliss-reactive ketones (excluding diaryl/α,β-unsaturated/α-hetero) is 1. The van der Waals surface area contributed by atoms with Crippen molar-refractivity contribution in [3.05, 3.63) is 77.2 Å². The number of aryl methyl sites for hydroxylation is 2. The molecular weight excluding hydrogens is 407 g/mol. The number of rotatable bonds is 8. The maximum absolute atomic E-state index is 14.7. The van der Waals surface area contributed by atoms with Crippen molar-refractivity contribution in [1.82, 2.24) is 4.98 Å². The van der Waals surface area contributed by atoms with E-state index in [2.05, 4.69) is 4.98 Å². The molecule has 0 saturated carbocycles. The van der Waals surface area contributed by atoms with Crippen LogP contribution in [0.4, 0.5) is 10.1 Å². The highest BCUT2D eigenvalue weighted by atomic mass is 19.1. The Labute approximate surface area is 187 Å². The number of nitrogens with zero attached hydrogens (tertiary/aromatic N) is 2.